The number of nitrogens with zero attached hydrogens (tertiary/aromatic N) is 2. The summed E-state index contributed by atoms with van der Waals surface area (Å²) in [7, 11) is 0. The molecule has 1 heterocycles. The fourth-order valence-corrected chi connectivity index (χ4v) is 1.72. The lowest BCUT2D eigenvalue weighted by Crippen LogP contribution is -2.06. The molecule has 0 saturated heterocycles. The van der Waals surface area contributed by atoms with E-state index in [0.717, 1.165) is 6.42 Å². The van der Waals surface area contributed by atoms with Gasteiger partial charge in [0, 0.05) is 18.1 Å². The van der Waals surface area contributed by atoms with E-state index in [9.17, 15) is 0 Å². The summed E-state index contributed by atoms with van der Waals surface area (Å²) in [4.78, 5) is 4.05. The smallest absolute Gasteiger partial charge is 0.0991 e. The van der Waals surface area contributed by atoms with Crippen LogP contribution in [0.1, 0.15) is 11.1 Å². The van der Waals surface area contributed by atoms with Crippen LogP contribution in [0.5, 0.6) is 0 Å². The average Bonchev–Trinajstić information content (AvgIpc) is 2.71. The van der Waals surface area contributed by atoms with Crippen LogP contribution in [0.3, 0.4) is 0 Å². The zero-order chi connectivity index (χ0) is 10.7. The van der Waals surface area contributed by atoms with Gasteiger partial charge in [-0.25, -0.2) is 4.98 Å². The third-order valence-corrected chi connectivity index (χ3v) is 2.43. The number of aryl methyl sites for hydroxylation is 1. The van der Waals surface area contributed by atoms with Gasteiger partial charge < -0.3 is 10.3 Å². The Morgan fingerprint density at radius 2 is 2.27 bits per heavy atom. The predicted octanol–water partition coefficient (Wildman–Crippen LogP) is 1.68. The minimum Gasteiger partial charge on any atom is -0.330 e. The summed E-state index contributed by atoms with van der Waals surface area (Å²) in [5.41, 5.74) is 9.32. The Labute approximate surface area is 89.6 Å². The third kappa shape index (κ3) is 2.07. The molecule has 0 fully saturated rings. The molecule has 2 rings (SSSR count). The van der Waals surface area contributed by atoms with Crippen molar-refractivity contribution < 1.29 is 0 Å². The Hall–Kier alpha value is -1.61. The molecule has 1 aromatic carbocycles. The molecular weight excluding hydrogens is 186 g/mol. The van der Waals surface area contributed by atoms with Gasteiger partial charge in [-0.05, 0) is 31.5 Å². The van der Waals surface area contributed by atoms with Gasteiger partial charge >= 0.3 is 0 Å². The van der Waals surface area contributed by atoms with Gasteiger partial charge in [-0.3, -0.25) is 0 Å². The van der Waals surface area contributed by atoms with Gasteiger partial charge in [-0.15, -0.1) is 0 Å². The molecule has 0 atom stereocenters. The van der Waals surface area contributed by atoms with Crippen LogP contribution in [0.2, 0.25) is 0 Å². The van der Waals surface area contributed by atoms with Crippen LogP contribution in [-0.2, 0) is 6.42 Å². The van der Waals surface area contributed by atoms with E-state index in [4.69, 9.17) is 5.73 Å². The summed E-state index contributed by atoms with van der Waals surface area (Å²) in [6.45, 7) is 2.77. The van der Waals surface area contributed by atoms with Crippen molar-refractivity contribution in [2.24, 2.45) is 5.73 Å². The number of imidazole rings is 1. The highest BCUT2D eigenvalue weighted by molar-refractivity contribution is 5.43. The minimum absolute atomic E-state index is 0.672. The molecule has 1 aromatic heterocycles. The second-order valence-electron chi connectivity index (χ2n) is 3.64. The van der Waals surface area contributed by atoms with Gasteiger partial charge in [0.25, 0.3) is 0 Å². The monoisotopic (exact) mass is 201 g/mol. The van der Waals surface area contributed by atoms with E-state index < -0.39 is 0 Å². The summed E-state index contributed by atoms with van der Waals surface area (Å²) < 4.78 is 2.02. The van der Waals surface area contributed by atoms with Gasteiger partial charge in [0.2, 0.25) is 0 Å². The van der Waals surface area contributed by atoms with Crippen LogP contribution in [0, 0.1) is 6.92 Å². The highest BCUT2D eigenvalue weighted by Crippen LogP contribution is 2.16. The molecule has 0 saturated carbocycles. The number of aromatic nitrogens is 2. The molecule has 0 aliphatic heterocycles. The quantitative estimate of drug-likeness (QED) is 0.821. The van der Waals surface area contributed by atoms with Crippen molar-refractivity contribution in [2.45, 2.75) is 13.3 Å². The van der Waals surface area contributed by atoms with Crippen molar-refractivity contribution in [1.82, 2.24) is 9.55 Å². The van der Waals surface area contributed by atoms with E-state index in [1.54, 1.807) is 6.20 Å². The highest BCUT2D eigenvalue weighted by atomic mass is 15.0. The number of nitrogens with two attached hydrogens (primary N) is 1. The lowest BCUT2D eigenvalue weighted by Gasteiger charge is -2.10. The Balaban J connectivity index is 2.46. The molecule has 78 valence electrons. The first kappa shape index (κ1) is 9.93. The maximum absolute atomic E-state index is 5.61. The Morgan fingerprint density at radius 1 is 1.40 bits per heavy atom. The van der Waals surface area contributed by atoms with E-state index in [1.165, 1.54) is 16.8 Å². The van der Waals surface area contributed by atoms with Gasteiger partial charge in [0.1, 0.15) is 0 Å². The molecule has 0 bridgehead atoms. The number of benzene rings is 1. The predicted molar refractivity (Wildman–Crippen MR) is 61.1 cm³/mol. The number of hydrogen-bond acceptors (Lipinski definition) is 2. The van der Waals surface area contributed by atoms with Crippen LogP contribution in [0.4, 0.5) is 0 Å². The zero-order valence-corrected chi connectivity index (χ0v) is 8.85. The van der Waals surface area contributed by atoms with Crippen molar-refractivity contribution in [3.8, 4) is 5.69 Å². The van der Waals surface area contributed by atoms with Crippen LogP contribution in [-0.4, -0.2) is 16.1 Å². The van der Waals surface area contributed by atoms with Gasteiger partial charge in [0.05, 0.1) is 6.33 Å². The SMILES string of the molecule is Cc1ccc(-n2ccnc2)c(CCN)c1. The Kier molecular flexibility index (Phi) is 2.83. The van der Waals surface area contributed by atoms with Crippen LogP contribution >= 0.6 is 0 Å². The molecule has 15 heavy (non-hydrogen) atoms. The van der Waals surface area contributed by atoms with Crippen molar-refractivity contribution in [2.75, 3.05) is 6.54 Å². The maximum atomic E-state index is 5.61. The molecule has 2 aromatic rings. The average molecular weight is 201 g/mol. The first-order valence-electron chi connectivity index (χ1n) is 5.09. The van der Waals surface area contributed by atoms with E-state index >= 15 is 0 Å². The van der Waals surface area contributed by atoms with Gasteiger partial charge in [-0.1, -0.05) is 17.7 Å². The number of hydrogen-bond donors (Lipinski definition) is 1. The lowest BCUT2D eigenvalue weighted by molar-refractivity contribution is 0.932. The summed E-state index contributed by atoms with van der Waals surface area (Å²) in [5, 5.41) is 0. The van der Waals surface area contributed by atoms with E-state index in [0.29, 0.717) is 6.54 Å². The molecule has 3 nitrogen and oxygen atoms in total. The van der Waals surface area contributed by atoms with Crippen LogP contribution in [0.25, 0.3) is 5.69 Å². The largest absolute Gasteiger partial charge is 0.330 e. The fraction of sp³-hybridized carbons (Fsp3) is 0.250. The van der Waals surface area contributed by atoms with E-state index in [-0.39, 0.29) is 0 Å². The molecule has 0 aliphatic carbocycles. The second-order valence-corrected chi connectivity index (χ2v) is 3.64. The first-order valence-corrected chi connectivity index (χ1v) is 5.09. The number of rotatable bonds is 3. The van der Waals surface area contributed by atoms with Gasteiger partial charge in [-0.2, -0.15) is 0 Å². The minimum atomic E-state index is 0.672. The molecule has 0 radical (unpaired) electrons. The third-order valence-electron chi connectivity index (χ3n) is 2.43. The lowest BCUT2D eigenvalue weighted by atomic mass is 10.1. The molecular formula is C12H15N3. The van der Waals surface area contributed by atoms with Crippen LogP contribution < -0.4 is 5.73 Å². The molecule has 0 amide bonds. The summed E-state index contributed by atoms with van der Waals surface area (Å²) in [6.07, 6.45) is 6.44. The Morgan fingerprint density at radius 3 is 2.93 bits per heavy atom. The van der Waals surface area contributed by atoms with Crippen molar-refractivity contribution in [3.63, 3.8) is 0 Å². The second kappa shape index (κ2) is 4.28. The molecule has 0 spiro atoms. The normalized spacial score (nSPS) is 10.5. The van der Waals surface area contributed by atoms with Crippen molar-refractivity contribution >= 4 is 0 Å². The maximum Gasteiger partial charge on any atom is 0.0991 e. The molecule has 2 N–H and O–H groups in total. The fourth-order valence-electron chi connectivity index (χ4n) is 1.72. The summed E-state index contributed by atoms with van der Waals surface area (Å²) in [5.74, 6) is 0. The highest BCUT2D eigenvalue weighted by Gasteiger charge is 2.03. The molecule has 0 unspecified atom stereocenters. The van der Waals surface area contributed by atoms with E-state index in [1.807, 2.05) is 17.1 Å². The van der Waals surface area contributed by atoms with Crippen molar-refractivity contribution in [3.05, 3.63) is 48.0 Å². The van der Waals surface area contributed by atoms with Gasteiger partial charge in [0.15, 0.2) is 0 Å². The first-order chi connectivity index (χ1) is 7.31. The summed E-state index contributed by atoms with van der Waals surface area (Å²) in [6, 6.07) is 6.40. The van der Waals surface area contributed by atoms with Crippen molar-refractivity contribution in [1.29, 1.82) is 0 Å². The zero-order valence-electron chi connectivity index (χ0n) is 8.85. The topological polar surface area (TPSA) is 43.8 Å². The molecule has 0 aliphatic rings. The van der Waals surface area contributed by atoms with Crippen LogP contribution in [0.15, 0.2) is 36.9 Å². The van der Waals surface area contributed by atoms with E-state index in [2.05, 4.69) is 30.1 Å². The molecule has 3 heteroatoms. The summed E-state index contributed by atoms with van der Waals surface area (Å²) >= 11 is 0. The standard InChI is InChI=1S/C12H15N3/c1-10-2-3-12(11(8-10)4-5-13)15-7-6-14-9-15/h2-3,6-9H,4-5,13H2,1H3. The Bertz CT molecular complexity index is 432.